The molecule has 0 aromatic heterocycles. The smallest absolute Gasteiger partial charge is 0.468 e. The Labute approximate surface area is 184 Å². The standard InChI is InChI=1S/C17H25F3N2O8SSi/c1-16(2,3)32(5,6)30-14(13(21)15(23)28-4)10-7-8-12(11(9-10)22(24)25)29-31(26,27)17(18,19)20/h7-9,13-14H,21H2,1-6H3/t13-,14-/m1/s1. The van der Waals surface area contributed by atoms with Crippen molar-refractivity contribution in [1.29, 1.82) is 0 Å². The van der Waals surface area contributed by atoms with Crippen molar-refractivity contribution < 1.29 is 44.7 Å². The summed E-state index contributed by atoms with van der Waals surface area (Å²) in [4.78, 5) is 22.4. The fourth-order valence-electron chi connectivity index (χ4n) is 2.19. The minimum atomic E-state index is -6.15. The normalized spacial score (nSPS) is 15.1. The topological polar surface area (TPSA) is 148 Å². The van der Waals surface area contributed by atoms with Gasteiger partial charge in [0.1, 0.15) is 6.04 Å². The van der Waals surface area contributed by atoms with Crippen molar-refractivity contribution in [3.63, 3.8) is 0 Å². The third kappa shape index (κ3) is 6.17. The van der Waals surface area contributed by atoms with Crippen LogP contribution in [0.5, 0.6) is 5.75 Å². The number of nitro groups is 1. The summed E-state index contributed by atoms with van der Waals surface area (Å²) in [6, 6.07) is 1.03. The monoisotopic (exact) mass is 502 g/mol. The number of hydrogen-bond acceptors (Lipinski definition) is 9. The predicted octanol–water partition coefficient (Wildman–Crippen LogP) is 3.39. The van der Waals surface area contributed by atoms with Gasteiger partial charge in [0, 0.05) is 6.07 Å². The molecule has 1 aromatic rings. The molecule has 1 aromatic carbocycles. The van der Waals surface area contributed by atoms with Gasteiger partial charge in [0.05, 0.1) is 18.1 Å². The lowest BCUT2D eigenvalue weighted by Gasteiger charge is -2.40. The molecule has 0 saturated heterocycles. The lowest BCUT2D eigenvalue weighted by atomic mass is 10.0. The molecule has 0 fully saturated rings. The third-order valence-electron chi connectivity index (χ3n) is 5.02. The Balaban J connectivity index is 3.59. The summed E-state index contributed by atoms with van der Waals surface area (Å²) < 4.78 is 75.1. The number of alkyl halides is 3. The maximum atomic E-state index is 12.6. The van der Waals surface area contributed by atoms with Crippen LogP contribution < -0.4 is 9.92 Å². The molecule has 0 unspecified atom stereocenters. The van der Waals surface area contributed by atoms with Gasteiger partial charge in [-0.25, -0.2) is 0 Å². The van der Waals surface area contributed by atoms with Crippen molar-refractivity contribution in [3.05, 3.63) is 33.9 Å². The first kappa shape index (κ1) is 27.8. The van der Waals surface area contributed by atoms with Gasteiger partial charge >= 0.3 is 27.3 Å². The zero-order chi connectivity index (χ0) is 25.3. The van der Waals surface area contributed by atoms with Gasteiger partial charge in [-0.05, 0) is 29.8 Å². The number of ether oxygens (including phenoxy) is 1. The molecule has 1 rings (SSSR count). The molecule has 15 heteroatoms. The minimum absolute atomic E-state index is 0.0452. The Hall–Kier alpha value is -2.23. The van der Waals surface area contributed by atoms with Crippen LogP contribution in [0.3, 0.4) is 0 Å². The van der Waals surface area contributed by atoms with Crippen molar-refractivity contribution in [3.8, 4) is 5.75 Å². The van der Waals surface area contributed by atoms with Crippen molar-refractivity contribution in [1.82, 2.24) is 0 Å². The summed E-state index contributed by atoms with van der Waals surface area (Å²) in [6.45, 7) is 9.32. The first-order valence-electron chi connectivity index (χ1n) is 9.05. The molecule has 0 spiro atoms. The van der Waals surface area contributed by atoms with Crippen LogP contribution in [-0.2, 0) is 24.1 Å². The van der Waals surface area contributed by atoms with Crippen LogP contribution in [0.25, 0.3) is 0 Å². The van der Waals surface area contributed by atoms with Gasteiger partial charge in [-0.1, -0.05) is 26.8 Å². The minimum Gasteiger partial charge on any atom is -0.468 e. The molecule has 0 amide bonds. The number of halogens is 3. The van der Waals surface area contributed by atoms with Gasteiger partial charge in [0.2, 0.25) is 5.75 Å². The summed E-state index contributed by atoms with van der Waals surface area (Å²) in [5.41, 5.74) is -0.968. The molecule has 0 bridgehead atoms. The van der Waals surface area contributed by atoms with Crippen LogP contribution in [0.4, 0.5) is 18.9 Å². The van der Waals surface area contributed by atoms with Gasteiger partial charge < -0.3 is 19.1 Å². The summed E-state index contributed by atoms with van der Waals surface area (Å²) in [5.74, 6) is -2.05. The van der Waals surface area contributed by atoms with Gasteiger partial charge in [-0.3, -0.25) is 14.9 Å². The van der Waals surface area contributed by atoms with Crippen molar-refractivity contribution in [2.75, 3.05) is 7.11 Å². The lowest BCUT2D eigenvalue weighted by Crippen LogP contribution is -2.48. The van der Waals surface area contributed by atoms with Crippen LogP contribution in [0.1, 0.15) is 32.4 Å². The Kier molecular flexibility index (Phi) is 8.10. The number of methoxy groups -OCH3 is 1. The second-order valence-corrected chi connectivity index (χ2v) is 14.6. The number of hydrogen-bond donors (Lipinski definition) is 1. The molecular weight excluding hydrogens is 477 g/mol. The van der Waals surface area contributed by atoms with E-state index in [4.69, 9.17) is 10.2 Å². The summed E-state index contributed by atoms with van der Waals surface area (Å²) in [7, 11) is -7.70. The van der Waals surface area contributed by atoms with Gasteiger partial charge in [-0.2, -0.15) is 21.6 Å². The van der Waals surface area contributed by atoms with Crippen LogP contribution in [0, 0.1) is 10.1 Å². The Bertz CT molecular complexity index is 977. The zero-order valence-corrected chi connectivity index (χ0v) is 20.0. The first-order chi connectivity index (χ1) is 14.2. The Morgan fingerprint density at radius 1 is 1.22 bits per heavy atom. The van der Waals surface area contributed by atoms with Crippen molar-refractivity contribution >= 4 is 30.1 Å². The summed E-state index contributed by atoms with van der Waals surface area (Å²) in [6.07, 6.45) is -1.27. The molecule has 0 saturated carbocycles. The van der Waals surface area contributed by atoms with E-state index in [0.29, 0.717) is 6.07 Å². The van der Waals surface area contributed by atoms with E-state index in [9.17, 15) is 36.5 Å². The molecule has 2 N–H and O–H groups in total. The highest BCUT2D eigenvalue weighted by Gasteiger charge is 2.49. The summed E-state index contributed by atoms with van der Waals surface area (Å²) >= 11 is 0. The lowest BCUT2D eigenvalue weighted by molar-refractivity contribution is -0.385. The SMILES string of the molecule is COC(=O)[C@H](N)[C@H](O[Si](C)(C)C(C)(C)C)c1ccc(OS(=O)(=O)C(F)(F)F)c([N+](=O)[O-])c1. The van der Waals surface area contributed by atoms with E-state index in [1.165, 1.54) is 0 Å². The van der Waals surface area contributed by atoms with E-state index in [0.717, 1.165) is 19.2 Å². The number of rotatable bonds is 8. The molecule has 0 aliphatic carbocycles. The molecule has 0 radical (unpaired) electrons. The van der Waals surface area contributed by atoms with E-state index in [1.54, 1.807) is 0 Å². The maximum absolute atomic E-state index is 12.6. The molecule has 10 nitrogen and oxygen atoms in total. The van der Waals surface area contributed by atoms with E-state index < -0.39 is 58.4 Å². The molecule has 0 aliphatic heterocycles. The average Bonchev–Trinajstić information content (AvgIpc) is 2.63. The number of carbonyl (C=O) groups excluding carboxylic acids is 1. The molecule has 182 valence electrons. The number of nitrogens with two attached hydrogens (primary N) is 1. The van der Waals surface area contributed by atoms with Crippen molar-refractivity contribution in [2.24, 2.45) is 5.73 Å². The molecule has 0 heterocycles. The highest BCUT2D eigenvalue weighted by molar-refractivity contribution is 7.88. The Morgan fingerprint density at radius 2 is 1.75 bits per heavy atom. The second-order valence-electron chi connectivity index (χ2n) is 8.32. The van der Waals surface area contributed by atoms with Crippen LogP contribution in [0.15, 0.2) is 18.2 Å². The van der Waals surface area contributed by atoms with Crippen LogP contribution in [-0.4, -0.2) is 46.3 Å². The highest BCUT2D eigenvalue weighted by Crippen LogP contribution is 2.42. The van der Waals surface area contributed by atoms with E-state index in [1.807, 2.05) is 33.9 Å². The second kappa shape index (κ2) is 9.33. The maximum Gasteiger partial charge on any atom is 0.534 e. The van der Waals surface area contributed by atoms with E-state index in [-0.39, 0.29) is 10.6 Å². The highest BCUT2D eigenvalue weighted by atomic mass is 32.2. The van der Waals surface area contributed by atoms with Crippen molar-refractivity contribution in [2.45, 2.75) is 56.6 Å². The first-order valence-corrected chi connectivity index (χ1v) is 13.4. The third-order valence-corrected chi connectivity index (χ3v) is 10.4. The van der Waals surface area contributed by atoms with E-state index in [2.05, 4.69) is 8.92 Å². The van der Waals surface area contributed by atoms with Gasteiger partial charge in [0.25, 0.3) is 0 Å². The number of esters is 1. The fourth-order valence-corrected chi connectivity index (χ4v) is 3.94. The quantitative estimate of drug-likeness (QED) is 0.141. The van der Waals surface area contributed by atoms with Gasteiger partial charge in [0.15, 0.2) is 8.32 Å². The van der Waals surface area contributed by atoms with Gasteiger partial charge in [-0.15, -0.1) is 0 Å². The van der Waals surface area contributed by atoms with Crippen LogP contribution >= 0.6 is 0 Å². The molecular formula is C17H25F3N2O8SSi. The molecule has 0 aliphatic rings. The average molecular weight is 503 g/mol. The van der Waals surface area contributed by atoms with E-state index >= 15 is 0 Å². The fraction of sp³-hybridized carbons (Fsp3) is 0.588. The zero-order valence-electron chi connectivity index (χ0n) is 18.2. The summed E-state index contributed by atoms with van der Waals surface area (Å²) in [5, 5.41) is 11.1. The number of carbonyl (C=O) groups is 1. The Morgan fingerprint density at radius 3 is 2.16 bits per heavy atom. The predicted molar refractivity (Wildman–Crippen MR) is 110 cm³/mol. The largest absolute Gasteiger partial charge is 0.534 e. The van der Waals surface area contributed by atoms with Crippen LogP contribution in [0.2, 0.25) is 18.1 Å². The number of nitro benzene ring substituents is 1. The number of benzene rings is 1. The molecule has 32 heavy (non-hydrogen) atoms. The molecule has 2 atom stereocenters. The number of nitrogens with zero attached hydrogens (tertiary/aromatic N) is 1.